The molecule has 106 valence electrons. The van der Waals surface area contributed by atoms with E-state index < -0.39 is 0 Å². The zero-order chi connectivity index (χ0) is 13.1. The van der Waals surface area contributed by atoms with Crippen molar-refractivity contribution < 1.29 is 0 Å². The van der Waals surface area contributed by atoms with E-state index in [4.69, 9.17) is 0 Å². The first-order valence-corrected chi connectivity index (χ1v) is 7.77. The third-order valence-corrected chi connectivity index (χ3v) is 4.87. The summed E-state index contributed by atoms with van der Waals surface area (Å²) in [5.74, 6) is 0.812. The van der Waals surface area contributed by atoms with Gasteiger partial charge in [0.05, 0.1) is 0 Å². The fraction of sp³-hybridized carbons (Fsp3) is 1.00. The molecule has 1 aliphatic carbocycles. The zero-order valence-electron chi connectivity index (χ0n) is 12.7. The lowest BCUT2D eigenvalue weighted by Gasteiger charge is -2.30. The van der Waals surface area contributed by atoms with E-state index in [0.717, 1.165) is 24.0 Å². The monoisotopic (exact) mass is 253 g/mol. The van der Waals surface area contributed by atoms with Crippen LogP contribution in [-0.2, 0) is 0 Å². The number of hydrogen-bond acceptors (Lipinski definition) is 3. The Kier molecular flexibility index (Phi) is 5.05. The van der Waals surface area contributed by atoms with Gasteiger partial charge in [-0.25, -0.2) is 0 Å². The van der Waals surface area contributed by atoms with E-state index in [1.807, 2.05) is 0 Å². The quantitative estimate of drug-likeness (QED) is 0.806. The van der Waals surface area contributed by atoms with Gasteiger partial charge in [0.25, 0.3) is 0 Å². The van der Waals surface area contributed by atoms with Gasteiger partial charge in [0, 0.05) is 31.2 Å². The Morgan fingerprint density at radius 3 is 2.61 bits per heavy atom. The summed E-state index contributed by atoms with van der Waals surface area (Å²) >= 11 is 0. The molecular formula is C15H31N3. The van der Waals surface area contributed by atoms with Crippen molar-refractivity contribution in [1.82, 2.24) is 15.1 Å². The maximum absolute atomic E-state index is 3.76. The van der Waals surface area contributed by atoms with E-state index in [9.17, 15) is 0 Å². The SMILES string of the molecule is CCCNC1CCCC1N1CC(C)C(N(C)C)C1. The lowest BCUT2D eigenvalue weighted by molar-refractivity contribution is 0.192. The lowest BCUT2D eigenvalue weighted by Crippen LogP contribution is -2.47. The Balaban J connectivity index is 1.91. The van der Waals surface area contributed by atoms with Gasteiger partial charge in [0.15, 0.2) is 0 Å². The minimum atomic E-state index is 0.748. The second kappa shape index (κ2) is 6.36. The van der Waals surface area contributed by atoms with E-state index in [0.29, 0.717) is 0 Å². The highest BCUT2D eigenvalue weighted by molar-refractivity contribution is 4.96. The minimum Gasteiger partial charge on any atom is -0.312 e. The number of likely N-dealkylation sites (tertiary alicyclic amines) is 1. The Labute approximate surface area is 113 Å². The second-order valence-electron chi connectivity index (χ2n) is 6.52. The number of hydrogen-bond donors (Lipinski definition) is 1. The van der Waals surface area contributed by atoms with Crippen molar-refractivity contribution in [2.75, 3.05) is 33.7 Å². The molecule has 1 N–H and O–H groups in total. The van der Waals surface area contributed by atoms with Crippen LogP contribution in [0.2, 0.25) is 0 Å². The van der Waals surface area contributed by atoms with Crippen molar-refractivity contribution in [2.24, 2.45) is 5.92 Å². The summed E-state index contributed by atoms with van der Waals surface area (Å²) in [6, 6.07) is 2.29. The summed E-state index contributed by atoms with van der Waals surface area (Å²) in [5, 5.41) is 3.76. The largest absolute Gasteiger partial charge is 0.312 e. The maximum Gasteiger partial charge on any atom is 0.0254 e. The van der Waals surface area contributed by atoms with Crippen molar-refractivity contribution in [3.8, 4) is 0 Å². The average molecular weight is 253 g/mol. The molecule has 1 saturated heterocycles. The van der Waals surface area contributed by atoms with Crippen LogP contribution in [0, 0.1) is 5.92 Å². The molecule has 0 spiro atoms. The summed E-state index contributed by atoms with van der Waals surface area (Å²) in [5.41, 5.74) is 0. The standard InChI is InChI=1S/C15H31N3/c1-5-9-16-13-7-6-8-14(13)18-10-12(2)15(11-18)17(3)4/h12-16H,5-11H2,1-4H3. The number of rotatable bonds is 5. The molecule has 0 amide bonds. The molecular weight excluding hydrogens is 222 g/mol. The van der Waals surface area contributed by atoms with Gasteiger partial charge in [-0.2, -0.15) is 0 Å². The van der Waals surface area contributed by atoms with E-state index in [1.165, 1.54) is 45.3 Å². The highest BCUT2D eigenvalue weighted by Gasteiger charge is 2.39. The topological polar surface area (TPSA) is 18.5 Å². The summed E-state index contributed by atoms with van der Waals surface area (Å²) in [6.07, 6.45) is 5.43. The molecule has 0 aromatic heterocycles. The van der Waals surface area contributed by atoms with Crippen LogP contribution in [-0.4, -0.2) is 61.7 Å². The third-order valence-electron chi connectivity index (χ3n) is 4.87. The molecule has 0 radical (unpaired) electrons. The van der Waals surface area contributed by atoms with Gasteiger partial charge >= 0.3 is 0 Å². The zero-order valence-corrected chi connectivity index (χ0v) is 12.7. The van der Waals surface area contributed by atoms with Gasteiger partial charge in [0.1, 0.15) is 0 Å². The Hall–Kier alpha value is -0.120. The molecule has 2 aliphatic rings. The first-order chi connectivity index (χ1) is 8.63. The third kappa shape index (κ3) is 3.06. The first kappa shape index (κ1) is 14.3. The van der Waals surface area contributed by atoms with Crippen LogP contribution in [0.3, 0.4) is 0 Å². The fourth-order valence-electron chi connectivity index (χ4n) is 3.87. The molecule has 2 fully saturated rings. The predicted molar refractivity (Wildman–Crippen MR) is 77.9 cm³/mol. The Bertz CT molecular complexity index is 254. The first-order valence-electron chi connectivity index (χ1n) is 7.77. The molecule has 0 aromatic rings. The van der Waals surface area contributed by atoms with Gasteiger partial charge in [-0.3, -0.25) is 4.90 Å². The fourth-order valence-corrected chi connectivity index (χ4v) is 3.87. The second-order valence-corrected chi connectivity index (χ2v) is 6.52. The molecule has 1 heterocycles. The smallest absolute Gasteiger partial charge is 0.0254 e. The van der Waals surface area contributed by atoms with Crippen LogP contribution in [0.1, 0.15) is 39.5 Å². The summed E-state index contributed by atoms with van der Waals surface area (Å²) in [4.78, 5) is 5.17. The van der Waals surface area contributed by atoms with Crippen molar-refractivity contribution in [2.45, 2.75) is 57.7 Å². The minimum absolute atomic E-state index is 0.748. The average Bonchev–Trinajstić information content (AvgIpc) is 2.92. The van der Waals surface area contributed by atoms with Gasteiger partial charge < -0.3 is 10.2 Å². The van der Waals surface area contributed by atoms with Gasteiger partial charge in [0.2, 0.25) is 0 Å². The maximum atomic E-state index is 3.76. The van der Waals surface area contributed by atoms with E-state index in [-0.39, 0.29) is 0 Å². The predicted octanol–water partition coefficient (Wildman–Crippen LogP) is 1.79. The van der Waals surface area contributed by atoms with Crippen LogP contribution < -0.4 is 5.32 Å². The van der Waals surface area contributed by atoms with Crippen molar-refractivity contribution in [1.29, 1.82) is 0 Å². The van der Waals surface area contributed by atoms with Crippen molar-refractivity contribution >= 4 is 0 Å². The number of nitrogens with one attached hydrogen (secondary N) is 1. The van der Waals surface area contributed by atoms with Crippen LogP contribution in [0.5, 0.6) is 0 Å². The molecule has 1 aliphatic heterocycles. The van der Waals surface area contributed by atoms with Crippen LogP contribution >= 0.6 is 0 Å². The van der Waals surface area contributed by atoms with E-state index in [2.05, 4.69) is 43.1 Å². The highest BCUT2D eigenvalue weighted by Crippen LogP contribution is 2.30. The summed E-state index contributed by atoms with van der Waals surface area (Å²) in [6.45, 7) is 8.41. The van der Waals surface area contributed by atoms with Crippen molar-refractivity contribution in [3.63, 3.8) is 0 Å². The molecule has 4 unspecified atom stereocenters. The molecule has 0 bridgehead atoms. The molecule has 18 heavy (non-hydrogen) atoms. The van der Waals surface area contributed by atoms with Crippen LogP contribution in [0.4, 0.5) is 0 Å². The molecule has 0 aromatic carbocycles. The highest BCUT2D eigenvalue weighted by atomic mass is 15.3. The van der Waals surface area contributed by atoms with Gasteiger partial charge in [-0.1, -0.05) is 20.3 Å². The van der Waals surface area contributed by atoms with E-state index >= 15 is 0 Å². The molecule has 1 saturated carbocycles. The molecule has 3 heteroatoms. The molecule has 4 atom stereocenters. The van der Waals surface area contributed by atoms with Crippen LogP contribution in [0.25, 0.3) is 0 Å². The summed E-state index contributed by atoms with van der Waals surface area (Å²) in [7, 11) is 4.46. The normalized spacial score (nSPS) is 37.8. The van der Waals surface area contributed by atoms with E-state index in [1.54, 1.807) is 0 Å². The Morgan fingerprint density at radius 1 is 1.22 bits per heavy atom. The number of likely N-dealkylation sites (N-methyl/N-ethyl adjacent to an activating group) is 1. The molecule has 2 rings (SSSR count). The molecule has 3 nitrogen and oxygen atoms in total. The summed E-state index contributed by atoms with van der Waals surface area (Å²) < 4.78 is 0. The Morgan fingerprint density at radius 2 is 2.00 bits per heavy atom. The van der Waals surface area contributed by atoms with Crippen LogP contribution in [0.15, 0.2) is 0 Å². The number of nitrogens with zero attached hydrogens (tertiary/aromatic N) is 2. The van der Waals surface area contributed by atoms with Gasteiger partial charge in [-0.15, -0.1) is 0 Å². The van der Waals surface area contributed by atoms with Gasteiger partial charge in [-0.05, 0) is 45.8 Å². The lowest BCUT2D eigenvalue weighted by atomic mass is 10.1. The van der Waals surface area contributed by atoms with Crippen molar-refractivity contribution in [3.05, 3.63) is 0 Å².